The molecule has 0 aliphatic carbocycles. The molecule has 3 N–H and O–H groups in total. The van der Waals surface area contributed by atoms with Gasteiger partial charge in [0, 0.05) is 20.7 Å². The zero-order chi connectivity index (χ0) is 15.9. The normalized spacial score (nSPS) is 12.4. The molecule has 3 nitrogen and oxygen atoms in total. The number of benzene rings is 1. The molecule has 0 saturated heterocycles. The van der Waals surface area contributed by atoms with Gasteiger partial charge in [0.1, 0.15) is 0 Å². The summed E-state index contributed by atoms with van der Waals surface area (Å²) >= 11 is 6.88. The van der Waals surface area contributed by atoms with Crippen molar-refractivity contribution >= 4 is 57.8 Å². The Hall–Kier alpha value is 0.120. The molecule has 0 aliphatic rings. The van der Waals surface area contributed by atoms with E-state index in [1.54, 1.807) is 23.5 Å². The Labute approximate surface area is 156 Å². The summed E-state index contributed by atoms with van der Waals surface area (Å²) in [7, 11) is 0. The number of nitrogens with one attached hydrogen (secondary N) is 1. The van der Waals surface area contributed by atoms with E-state index >= 15 is 0 Å². The Bertz CT molecular complexity index is 457. The minimum Gasteiger partial charge on any atom is -0.353 e. The summed E-state index contributed by atoms with van der Waals surface area (Å²) in [4.78, 5) is 13.1. The van der Waals surface area contributed by atoms with Crippen molar-refractivity contribution in [2.24, 2.45) is 5.73 Å². The molecule has 7 heteroatoms. The zero-order valence-electron chi connectivity index (χ0n) is 13.1. The van der Waals surface area contributed by atoms with Crippen molar-refractivity contribution in [1.82, 2.24) is 5.32 Å². The second kappa shape index (κ2) is 10.8. The summed E-state index contributed by atoms with van der Waals surface area (Å²) in [6.07, 6.45) is 2.73. The fraction of sp³-hybridized carbons (Fsp3) is 0.533. The van der Waals surface area contributed by atoms with Crippen molar-refractivity contribution in [3.8, 4) is 0 Å². The van der Waals surface area contributed by atoms with Crippen LogP contribution in [-0.4, -0.2) is 35.2 Å². The average molecular weight is 428 g/mol. The average Bonchev–Trinajstić information content (AvgIpc) is 2.44. The number of rotatable bonds is 8. The third kappa shape index (κ3) is 8.67. The van der Waals surface area contributed by atoms with E-state index in [4.69, 9.17) is 5.73 Å². The third-order valence-electron chi connectivity index (χ3n) is 2.87. The van der Waals surface area contributed by atoms with Gasteiger partial charge in [-0.1, -0.05) is 15.9 Å². The number of hydrogen-bond donors (Lipinski definition) is 2. The van der Waals surface area contributed by atoms with Crippen molar-refractivity contribution in [3.05, 3.63) is 28.7 Å². The van der Waals surface area contributed by atoms with Gasteiger partial charge in [0.05, 0.1) is 6.04 Å². The van der Waals surface area contributed by atoms with Crippen LogP contribution in [-0.2, 0) is 4.79 Å². The lowest BCUT2D eigenvalue weighted by Gasteiger charge is -2.25. The van der Waals surface area contributed by atoms with Gasteiger partial charge in [-0.15, -0.1) is 24.2 Å². The molecule has 1 aromatic carbocycles. The molecule has 1 amide bonds. The van der Waals surface area contributed by atoms with Gasteiger partial charge < -0.3 is 11.1 Å². The van der Waals surface area contributed by atoms with Crippen molar-refractivity contribution in [2.45, 2.75) is 36.0 Å². The Morgan fingerprint density at radius 2 is 1.95 bits per heavy atom. The van der Waals surface area contributed by atoms with Crippen molar-refractivity contribution < 1.29 is 4.79 Å². The lowest BCUT2D eigenvalue weighted by molar-refractivity contribution is -0.122. The van der Waals surface area contributed by atoms with Gasteiger partial charge in [-0.3, -0.25) is 4.79 Å². The predicted octanol–water partition coefficient (Wildman–Crippen LogP) is 3.94. The van der Waals surface area contributed by atoms with Crippen LogP contribution in [0.2, 0.25) is 0 Å². The van der Waals surface area contributed by atoms with E-state index < -0.39 is 6.04 Å². The van der Waals surface area contributed by atoms with E-state index in [1.807, 2.05) is 18.4 Å². The molecule has 0 spiro atoms. The highest BCUT2D eigenvalue weighted by Crippen LogP contribution is 2.32. The molecule has 0 fully saturated rings. The minimum atomic E-state index is -0.411. The molecule has 1 atom stereocenters. The third-order valence-corrected chi connectivity index (χ3v) is 5.24. The maximum absolute atomic E-state index is 11.9. The molecule has 1 aromatic rings. The van der Waals surface area contributed by atoms with Gasteiger partial charge in [0.15, 0.2) is 0 Å². The molecule has 22 heavy (non-hydrogen) atoms. The van der Waals surface area contributed by atoms with Crippen LogP contribution >= 0.6 is 51.9 Å². The topological polar surface area (TPSA) is 55.1 Å². The van der Waals surface area contributed by atoms with Crippen molar-refractivity contribution in [3.63, 3.8) is 0 Å². The van der Waals surface area contributed by atoms with Gasteiger partial charge >= 0.3 is 0 Å². The summed E-state index contributed by atoms with van der Waals surface area (Å²) in [5, 5.41) is 2.96. The van der Waals surface area contributed by atoms with Crippen LogP contribution < -0.4 is 11.1 Å². The van der Waals surface area contributed by atoms with Crippen LogP contribution in [0.3, 0.4) is 0 Å². The number of thioether (sulfide) groups is 2. The lowest BCUT2D eigenvalue weighted by atomic mass is 10.2. The van der Waals surface area contributed by atoms with Crippen LogP contribution in [0.1, 0.15) is 20.3 Å². The molecule has 0 heterocycles. The zero-order valence-corrected chi connectivity index (χ0v) is 17.1. The van der Waals surface area contributed by atoms with E-state index in [9.17, 15) is 4.79 Å². The van der Waals surface area contributed by atoms with Crippen LogP contribution in [0.4, 0.5) is 0 Å². The van der Waals surface area contributed by atoms with Gasteiger partial charge in [-0.25, -0.2) is 0 Å². The summed E-state index contributed by atoms with van der Waals surface area (Å²) in [5.74, 6) is 0.847. The first-order valence-electron chi connectivity index (χ1n) is 6.81. The first kappa shape index (κ1) is 22.1. The highest BCUT2D eigenvalue weighted by Gasteiger charge is 2.22. The molecular weight excluding hydrogens is 404 g/mol. The highest BCUT2D eigenvalue weighted by molar-refractivity contribution is 9.10. The second-order valence-corrected chi connectivity index (χ2v) is 9.10. The van der Waals surface area contributed by atoms with Crippen molar-refractivity contribution in [2.75, 3.05) is 18.6 Å². The van der Waals surface area contributed by atoms with Crippen molar-refractivity contribution in [1.29, 1.82) is 0 Å². The molecule has 0 radical (unpaired) electrons. The smallest absolute Gasteiger partial charge is 0.236 e. The fourth-order valence-electron chi connectivity index (χ4n) is 1.66. The summed E-state index contributed by atoms with van der Waals surface area (Å²) in [6, 6.07) is 7.78. The highest BCUT2D eigenvalue weighted by atomic mass is 79.9. The molecule has 1 rings (SSSR count). The molecule has 0 aliphatic heterocycles. The predicted molar refractivity (Wildman–Crippen MR) is 105 cm³/mol. The lowest BCUT2D eigenvalue weighted by Crippen LogP contribution is -2.45. The molecular formula is C15H24BrClN2OS2. The van der Waals surface area contributed by atoms with Gasteiger partial charge in [0.25, 0.3) is 0 Å². The fourth-order valence-corrected chi connectivity index (χ4v) is 3.47. The maximum Gasteiger partial charge on any atom is 0.236 e. The first-order valence-corrected chi connectivity index (χ1v) is 9.81. The number of nitrogens with two attached hydrogens (primary N) is 1. The van der Waals surface area contributed by atoms with Gasteiger partial charge in [0.2, 0.25) is 5.91 Å². The van der Waals surface area contributed by atoms with E-state index in [0.717, 1.165) is 10.2 Å². The van der Waals surface area contributed by atoms with Crippen LogP contribution in [0, 0.1) is 0 Å². The number of hydrogen-bond acceptors (Lipinski definition) is 4. The minimum absolute atomic E-state index is 0. The molecule has 0 aromatic heterocycles. The number of carbonyl (C=O) groups excluding carboxylic acids is 1. The number of halogens is 2. The maximum atomic E-state index is 11.9. The quantitative estimate of drug-likeness (QED) is 0.617. The summed E-state index contributed by atoms with van der Waals surface area (Å²) in [5.41, 5.74) is 5.86. The monoisotopic (exact) mass is 426 g/mol. The van der Waals surface area contributed by atoms with Gasteiger partial charge in [-0.2, -0.15) is 11.8 Å². The number of amides is 1. The van der Waals surface area contributed by atoms with Crippen LogP contribution in [0.5, 0.6) is 0 Å². The SMILES string of the molecule is CSCC[C@H](N)C(=O)NCC(C)(C)Sc1ccc(Br)cc1.Cl. The van der Waals surface area contributed by atoms with Crippen LogP contribution in [0.15, 0.2) is 33.6 Å². The Morgan fingerprint density at radius 1 is 1.36 bits per heavy atom. The summed E-state index contributed by atoms with van der Waals surface area (Å²) < 4.78 is 0.987. The molecule has 126 valence electrons. The van der Waals surface area contributed by atoms with Gasteiger partial charge in [-0.05, 0) is 56.5 Å². The number of carbonyl (C=O) groups is 1. The standard InChI is InChI=1S/C15H23BrN2OS2.ClH/c1-15(2,21-12-6-4-11(16)5-7-12)10-18-14(19)13(17)8-9-20-3;/h4-7,13H,8-10,17H2,1-3H3,(H,18,19);1H/t13-;/m0./s1. The largest absolute Gasteiger partial charge is 0.353 e. The Morgan fingerprint density at radius 3 is 2.50 bits per heavy atom. The molecule has 0 saturated carbocycles. The van der Waals surface area contributed by atoms with E-state index in [1.165, 1.54) is 4.90 Å². The Balaban J connectivity index is 0.00000441. The van der Waals surface area contributed by atoms with E-state index in [0.29, 0.717) is 13.0 Å². The van der Waals surface area contributed by atoms with E-state index in [2.05, 4.69) is 47.2 Å². The summed E-state index contributed by atoms with van der Waals surface area (Å²) in [6.45, 7) is 4.83. The Kier molecular flexibility index (Phi) is 10.9. The van der Waals surface area contributed by atoms with Crippen LogP contribution in [0.25, 0.3) is 0 Å². The van der Waals surface area contributed by atoms with E-state index in [-0.39, 0.29) is 23.1 Å². The molecule has 0 bridgehead atoms. The molecule has 0 unspecified atom stereocenters. The second-order valence-electron chi connectivity index (χ2n) is 5.42. The first-order chi connectivity index (χ1) is 9.84.